The van der Waals surface area contributed by atoms with E-state index in [9.17, 15) is 0 Å². The summed E-state index contributed by atoms with van der Waals surface area (Å²) in [6.45, 7) is 0. The third-order valence-electron chi connectivity index (χ3n) is 11.5. The van der Waals surface area contributed by atoms with Crippen molar-refractivity contribution < 1.29 is 0 Å². The maximum atomic E-state index is 5.20. The van der Waals surface area contributed by atoms with Crippen LogP contribution in [0.5, 0.6) is 0 Å². The Morgan fingerprint density at radius 2 is 0.635 bits per heavy atom. The molecule has 0 aliphatic rings. The largest absolute Gasteiger partial charge is 0.310 e. The first kappa shape index (κ1) is 37.8. The molecule has 10 aromatic carbocycles. The molecule has 0 unspecified atom stereocenters. The van der Waals surface area contributed by atoms with Gasteiger partial charge in [0, 0.05) is 45.3 Å². The highest BCUT2D eigenvalue weighted by molar-refractivity contribution is 7.09. The van der Waals surface area contributed by atoms with E-state index in [0.29, 0.717) is 5.82 Å². The van der Waals surface area contributed by atoms with Gasteiger partial charge < -0.3 is 9.80 Å². The third-order valence-corrected chi connectivity index (χ3v) is 12.3. The Balaban J connectivity index is 0.968. The van der Waals surface area contributed by atoms with Gasteiger partial charge in [0.15, 0.2) is 5.82 Å². The van der Waals surface area contributed by atoms with Crippen molar-refractivity contribution in [2.24, 2.45) is 0 Å². The van der Waals surface area contributed by atoms with Crippen molar-refractivity contribution in [3.8, 4) is 44.2 Å². The molecular weight excluding hydrogens is 785 g/mol. The summed E-state index contributed by atoms with van der Waals surface area (Å²) in [7, 11) is 0. The van der Waals surface area contributed by atoms with Crippen LogP contribution in [0.1, 0.15) is 0 Å². The lowest BCUT2D eigenvalue weighted by Gasteiger charge is -2.27. The second kappa shape index (κ2) is 16.7. The van der Waals surface area contributed by atoms with E-state index in [1.807, 2.05) is 0 Å². The van der Waals surface area contributed by atoms with E-state index in [2.05, 4.69) is 252 Å². The number of aromatic nitrogens is 2. The fourth-order valence-corrected chi connectivity index (χ4v) is 9.14. The Morgan fingerprint density at radius 3 is 1.13 bits per heavy atom. The second-order valence-electron chi connectivity index (χ2n) is 15.6. The van der Waals surface area contributed by atoms with Crippen molar-refractivity contribution >= 4 is 67.2 Å². The van der Waals surface area contributed by atoms with E-state index in [-0.39, 0.29) is 0 Å². The third kappa shape index (κ3) is 7.74. The SMILES string of the molecule is c1ccc(-c2cccc(N(c3cccc(-c4nsc(-c5cccc(N(c6cccc(-c7ccccc7)c6)c6ccc7ccccc7c6)c5)n4)c3)c3ccc4ccccc4c3)c2)cc1. The van der Waals surface area contributed by atoms with E-state index in [1.165, 1.54) is 44.2 Å². The van der Waals surface area contributed by atoms with Gasteiger partial charge in [0.2, 0.25) is 0 Å². The number of fused-ring (bicyclic) bond motifs is 2. The fraction of sp³-hybridized carbons (Fsp3) is 0. The van der Waals surface area contributed by atoms with Crippen LogP contribution >= 0.6 is 11.5 Å². The topological polar surface area (TPSA) is 32.3 Å². The highest BCUT2D eigenvalue weighted by Crippen LogP contribution is 2.42. The van der Waals surface area contributed by atoms with Gasteiger partial charge in [0.05, 0.1) is 0 Å². The van der Waals surface area contributed by atoms with Gasteiger partial charge in [0.1, 0.15) is 5.01 Å². The Morgan fingerprint density at radius 1 is 0.270 bits per heavy atom. The smallest absolute Gasteiger partial charge is 0.173 e. The molecule has 0 radical (unpaired) electrons. The van der Waals surface area contributed by atoms with Crippen molar-refractivity contribution in [3.05, 3.63) is 243 Å². The standard InChI is InChI=1S/C58H40N4S/c1-3-15-41(16-4-1)47-23-11-27-51(35-47)61(55-33-31-43-19-7-9-21-45(43)37-55)53-29-13-25-49(39-53)57-59-58(63-60-57)50-26-14-30-54(40-50)62(56-34-32-44-20-8-10-22-46(44)38-56)52-28-12-24-48(36-52)42-17-5-2-6-18-42/h1-40H. The van der Waals surface area contributed by atoms with Gasteiger partial charge in [-0.25, -0.2) is 4.98 Å². The molecule has 1 heterocycles. The predicted molar refractivity (Wildman–Crippen MR) is 266 cm³/mol. The van der Waals surface area contributed by atoms with Crippen LogP contribution in [0.15, 0.2) is 243 Å². The van der Waals surface area contributed by atoms with Gasteiger partial charge in [-0.05, 0) is 128 Å². The molecule has 0 fully saturated rings. The van der Waals surface area contributed by atoms with E-state index in [4.69, 9.17) is 9.36 Å². The summed E-state index contributed by atoms with van der Waals surface area (Å²) in [4.78, 5) is 9.86. The van der Waals surface area contributed by atoms with Gasteiger partial charge in [-0.3, -0.25) is 0 Å². The average molecular weight is 825 g/mol. The molecule has 1 aromatic heterocycles. The minimum absolute atomic E-state index is 0.695. The summed E-state index contributed by atoms with van der Waals surface area (Å²) < 4.78 is 4.97. The summed E-state index contributed by atoms with van der Waals surface area (Å²) >= 11 is 1.43. The van der Waals surface area contributed by atoms with Gasteiger partial charge in [-0.1, -0.05) is 170 Å². The van der Waals surface area contributed by atoms with Gasteiger partial charge in [0.25, 0.3) is 0 Å². The summed E-state index contributed by atoms with van der Waals surface area (Å²) in [5.74, 6) is 0.695. The summed E-state index contributed by atoms with van der Waals surface area (Å²) in [6, 6.07) is 86.2. The second-order valence-corrected chi connectivity index (χ2v) is 16.3. The minimum atomic E-state index is 0.695. The lowest BCUT2D eigenvalue weighted by molar-refractivity contribution is 1.27. The molecule has 5 heteroatoms. The number of rotatable bonds is 10. The van der Waals surface area contributed by atoms with Crippen molar-refractivity contribution in [2.45, 2.75) is 0 Å². The normalized spacial score (nSPS) is 11.2. The van der Waals surface area contributed by atoms with Crippen LogP contribution in [0.2, 0.25) is 0 Å². The van der Waals surface area contributed by atoms with Crippen LogP contribution in [0, 0.1) is 0 Å². The fourth-order valence-electron chi connectivity index (χ4n) is 8.46. The van der Waals surface area contributed by atoms with Gasteiger partial charge in [-0.15, -0.1) is 0 Å². The van der Waals surface area contributed by atoms with Crippen LogP contribution in [-0.4, -0.2) is 9.36 Å². The first-order valence-electron chi connectivity index (χ1n) is 21.1. The molecule has 4 nitrogen and oxygen atoms in total. The summed E-state index contributed by atoms with van der Waals surface area (Å²) in [5, 5.41) is 5.65. The Kier molecular flexibility index (Phi) is 10.1. The Labute approximate surface area is 371 Å². The molecule has 0 spiro atoms. The lowest BCUT2D eigenvalue weighted by Crippen LogP contribution is -2.10. The molecule has 63 heavy (non-hydrogen) atoms. The molecule has 11 aromatic rings. The van der Waals surface area contributed by atoms with Gasteiger partial charge in [-0.2, -0.15) is 4.37 Å². The van der Waals surface area contributed by atoms with Crippen LogP contribution in [0.4, 0.5) is 34.1 Å². The van der Waals surface area contributed by atoms with E-state index in [0.717, 1.165) is 61.4 Å². The molecule has 0 amide bonds. The van der Waals surface area contributed by atoms with Crippen LogP contribution in [-0.2, 0) is 0 Å². The number of hydrogen-bond acceptors (Lipinski definition) is 5. The molecule has 11 rings (SSSR count). The van der Waals surface area contributed by atoms with E-state index < -0.39 is 0 Å². The molecule has 0 aliphatic heterocycles. The molecule has 0 bridgehead atoms. The minimum Gasteiger partial charge on any atom is -0.310 e. The number of anilines is 6. The monoisotopic (exact) mass is 824 g/mol. The average Bonchev–Trinajstić information content (AvgIpc) is 3.86. The zero-order valence-electron chi connectivity index (χ0n) is 34.3. The molecule has 0 saturated heterocycles. The number of nitrogens with zero attached hydrogens (tertiary/aromatic N) is 4. The lowest BCUT2D eigenvalue weighted by atomic mass is 10.0. The molecule has 0 saturated carbocycles. The highest BCUT2D eigenvalue weighted by atomic mass is 32.1. The van der Waals surface area contributed by atoms with Crippen LogP contribution in [0.25, 0.3) is 65.8 Å². The zero-order chi connectivity index (χ0) is 42.0. The first-order valence-corrected chi connectivity index (χ1v) is 21.9. The summed E-state index contributed by atoms with van der Waals surface area (Å²) in [5.41, 5.74) is 13.0. The maximum absolute atomic E-state index is 5.20. The van der Waals surface area contributed by atoms with Gasteiger partial charge >= 0.3 is 0 Å². The number of hydrogen-bond donors (Lipinski definition) is 0. The summed E-state index contributed by atoms with van der Waals surface area (Å²) in [6.07, 6.45) is 0. The Bertz CT molecular complexity index is 3150. The first-order chi connectivity index (χ1) is 31.2. The van der Waals surface area contributed by atoms with E-state index >= 15 is 0 Å². The quantitative estimate of drug-likeness (QED) is 0.138. The van der Waals surface area contributed by atoms with E-state index in [1.54, 1.807) is 0 Å². The predicted octanol–water partition coefficient (Wildman–Crippen LogP) is 16.5. The number of benzene rings is 10. The molecule has 0 atom stereocenters. The van der Waals surface area contributed by atoms with Crippen molar-refractivity contribution in [2.75, 3.05) is 9.80 Å². The maximum Gasteiger partial charge on any atom is 0.173 e. The molecule has 0 aliphatic carbocycles. The molecule has 298 valence electrons. The highest BCUT2D eigenvalue weighted by Gasteiger charge is 2.19. The molecular formula is C58H40N4S. The molecule has 0 N–H and O–H groups in total. The van der Waals surface area contributed by atoms with Crippen molar-refractivity contribution in [3.63, 3.8) is 0 Å². The Hall–Kier alpha value is -8.12. The van der Waals surface area contributed by atoms with Crippen LogP contribution in [0.3, 0.4) is 0 Å². The van der Waals surface area contributed by atoms with Crippen molar-refractivity contribution in [1.29, 1.82) is 0 Å². The zero-order valence-corrected chi connectivity index (χ0v) is 35.1. The van der Waals surface area contributed by atoms with Crippen LogP contribution < -0.4 is 9.80 Å². The van der Waals surface area contributed by atoms with Crippen molar-refractivity contribution in [1.82, 2.24) is 9.36 Å².